The Balaban J connectivity index is 1.87. The van der Waals surface area contributed by atoms with Crippen molar-refractivity contribution >= 4 is 33.4 Å². The maximum Gasteiger partial charge on any atom is 0.255 e. The van der Waals surface area contributed by atoms with Crippen LogP contribution in [0.2, 0.25) is 0 Å². The van der Waals surface area contributed by atoms with Crippen molar-refractivity contribution in [3.05, 3.63) is 53.6 Å². The third-order valence-corrected chi connectivity index (χ3v) is 7.48. The van der Waals surface area contributed by atoms with Crippen molar-refractivity contribution in [2.45, 2.75) is 36.0 Å². The summed E-state index contributed by atoms with van der Waals surface area (Å²) in [5.74, 6) is -0.316. The predicted molar refractivity (Wildman–Crippen MR) is 110 cm³/mol. The van der Waals surface area contributed by atoms with Gasteiger partial charge in [-0.1, -0.05) is 18.6 Å². The van der Waals surface area contributed by atoms with Crippen LogP contribution in [0.15, 0.2) is 52.3 Å². The molecule has 7 heteroatoms. The van der Waals surface area contributed by atoms with Crippen LogP contribution in [0.3, 0.4) is 0 Å². The summed E-state index contributed by atoms with van der Waals surface area (Å²) in [4.78, 5) is 13.9. The number of aryl methyl sites for hydroxylation is 1. The summed E-state index contributed by atoms with van der Waals surface area (Å²) in [6.45, 7) is 2.85. The van der Waals surface area contributed by atoms with Crippen molar-refractivity contribution < 1.29 is 13.2 Å². The van der Waals surface area contributed by atoms with Crippen molar-refractivity contribution in [2.75, 3.05) is 24.7 Å². The molecule has 2 aromatic carbocycles. The number of carbonyl (C=O) groups is 1. The van der Waals surface area contributed by atoms with Gasteiger partial charge < -0.3 is 5.32 Å². The summed E-state index contributed by atoms with van der Waals surface area (Å²) >= 11 is 1.59. The van der Waals surface area contributed by atoms with E-state index in [1.165, 1.54) is 10.4 Å². The zero-order chi connectivity index (χ0) is 19.4. The topological polar surface area (TPSA) is 66.5 Å². The molecule has 0 bridgehead atoms. The van der Waals surface area contributed by atoms with Crippen molar-refractivity contribution in [2.24, 2.45) is 0 Å². The van der Waals surface area contributed by atoms with E-state index in [4.69, 9.17) is 0 Å². The van der Waals surface area contributed by atoms with Gasteiger partial charge in [-0.25, -0.2) is 8.42 Å². The van der Waals surface area contributed by atoms with Crippen molar-refractivity contribution in [1.82, 2.24) is 4.31 Å². The summed E-state index contributed by atoms with van der Waals surface area (Å²) in [6, 6.07) is 12.4. The largest absolute Gasteiger partial charge is 0.322 e. The Labute approximate surface area is 165 Å². The molecule has 27 heavy (non-hydrogen) atoms. The van der Waals surface area contributed by atoms with Gasteiger partial charge in [-0.3, -0.25) is 4.79 Å². The van der Waals surface area contributed by atoms with E-state index in [0.29, 0.717) is 29.9 Å². The Kier molecular flexibility index (Phi) is 6.24. The minimum Gasteiger partial charge on any atom is -0.322 e. The number of thioether (sulfide) groups is 1. The van der Waals surface area contributed by atoms with Crippen LogP contribution in [0, 0.1) is 6.92 Å². The predicted octanol–water partition coefficient (Wildman–Crippen LogP) is 4.14. The van der Waals surface area contributed by atoms with Crippen LogP contribution in [-0.2, 0) is 10.0 Å². The SMILES string of the molecule is CSc1cccc(NC(=O)c2ccc(C)c(S(=O)(=O)N3CCCCC3)c2)c1. The van der Waals surface area contributed by atoms with Gasteiger partial charge >= 0.3 is 0 Å². The summed E-state index contributed by atoms with van der Waals surface area (Å²) in [6.07, 6.45) is 4.79. The maximum absolute atomic E-state index is 13.0. The van der Waals surface area contributed by atoms with E-state index < -0.39 is 10.0 Å². The molecule has 3 rings (SSSR count). The number of piperidine rings is 1. The number of hydrogen-bond donors (Lipinski definition) is 1. The van der Waals surface area contributed by atoms with Crippen LogP contribution in [0.4, 0.5) is 5.69 Å². The molecule has 144 valence electrons. The van der Waals surface area contributed by atoms with Gasteiger partial charge in [0.05, 0.1) is 4.90 Å². The molecule has 1 amide bonds. The molecule has 1 fully saturated rings. The first-order valence-electron chi connectivity index (χ1n) is 8.98. The van der Waals surface area contributed by atoms with E-state index in [9.17, 15) is 13.2 Å². The van der Waals surface area contributed by atoms with E-state index in [2.05, 4.69) is 5.32 Å². The smallest absolute Gasteiger partial charge is 0.255 e. The van der Waals surface area contributed by atoms with E-state index in [1.807, 2.05) is 30.5 Å². The fraction of sp³-hybridized carbons (Fsp3) is 0.350. The number of rotatable bonds is 5. The molecule has 1 N–H and O–H groups in total. The Morgan fingerprint density at radius 3 is 2.52 bits per heavy atom. The number of carbonyl (C=O) groups excluding carboxylic acids is 1. The molecule has 1 aliphatic heterocycles. The number of sulfonamides is 1. The molecule has 1 aliphatic rings. The average molecular weight is 405 g/mol. The lowest BCUT2D eigenvalue weighted by molar-refractivity contribution is 0.102. The minimum atomic E-state index is -3.58. The van der Waals surface area contributed by atoms with Gasteiger partial charge in [0.25, 0.3) is 5.91 Å². The number of benzene rings is 2. The molecule has 0 aliphatic carbocycles. The first kappa shape index (κ1) is 19.9. The molecule has 0 radical (unpaired) electrons. The molecule has 1 heterocycles. The normalized spacial score (nSPS) is 15.5. The first-order chi connectivity index (χ1) is 12.9. The van der Waals surface area contributed by atoms with Crippen LogP contribution in [0.1, 0.15) is 35.2 Å². The lowest BCUT2D eigenvalue weighted by Crippen LogP contribution is -2.36. The van der Waals surface area contributed by atoms with Crippen molar-refractivity contribution in [3.63, 3.8) is 0 Å². The zero-order valence-corrected chi connectivity index (χ0v) is 17.2. The van der Waals surface area contributed by atoms with Gasteiger partial charge in [0.15, 0.2) is 0 Å². The highest BCUT2D eigenvalue weighted by Crippen LogP contribution is 2.25. The molecular formula is C20H24N2O3S2. The number of nitrogens with one attached hydrogen (secondary N) is 1. The molecule has 2 aromatic rings. The monoisotopic (exact) mass is 404 g/mol. The highest BCUT2D eigenvalue weighted by atomic mass is 32.2. The average Bonchev–Trinajstić information content (AvgIpc) is 2.69. The Hall–Kier alpha value is -1.83. The third kappa shape index (κ3) is 4.54. The standard InChI is InChI=1S/C20H24N2O3S2/c1-15-9-10-16(20(23)21-17-7-6-8-18(14-17)26-2)13-19(15)27(24,25)22-11-4-3-5-12-22/h6-10,13-14H,3-5,11-12H2,1-2H3,(H,21,23). The Bertz CT molecular complexity index is 936. The summed E-state index contributed by atoms with van der Waals surface area (Å²) in [7, 11) is -3.58. The fourth-order valence-electron chi connectivity index (χ4n) is 3.17. The van der Waals surface area contributed by atoms with Crippen molar-refractivity contribution in [1.29, 1.82) is 0 Å². The van der Waals surface area contributed by atoms with Crippen LogP contribution in [0.25, 0.3) is 0 Å². The summed E-state index contributed by atoms with van der Waals surface area (Å²) in [5, 5.41) is 2.85. The number of amides is 1. The van der Waals surface area contributed by atoms with E-state index in [0.717, 1.165) is 24.2 Å². The fourth-order valence-corrected chi connectivity index (χ4v) is 5.40. The molecule has 0 saturated carbocycles. The zero-order valence-electron chi connectivity index (χ0n) is 15.6. The van der Waals surface area contributed by atoms with Crippen LogP contribution in [-0.4, -0.2) is 38.0 Å². The lowest BCUT2D eigenvalue weighted by Gasteiger charge is -2.26. The molecule has 0 aromatic heterocycles. The van der Waals surface area contributed by atoms with Gasteiger partial charge in [-0.2, -0.15) is 4.31 Å². The minimum absolute atomic E-state index is 0.218. The van der Waals surface area contributed by atoms with Gasteiger partial charge in [0, 0.05) is 29.2 Å². The molecular weight excluding hydrogens is 380 g/mol. The van der Waals surface area contributed by atoms with Gasteiger partial charge in [0.1, 0.15) is 0 Å². The van der Waals surface area contributed by atoms with E-state index in [-0.39, 0.29) is 10.8 Å². The van der Waals surface area contributed by atoms with Crippen LogP contribution >= 0.6 is 11.8 Å². The van der Waals surface area contributed by atoms with Gasteiger partial charge in [-0.15, -0.1) is 11.8 Å². The summed E-state index contributed by atoms with van der Waals surface area (Å²) < 4.78 is 27.6. The highest BCUT2D eigenvalue weighted by molar-refractivity contribution is 7.98. The number of anilines is 1. The molecule has 0 spiro atoms. The van der Waals surface area contributed by atoms with Gasteiger partial charge in [0.2, 0.25) is 10.0 Å². The molecule has 0 unspecified atom stereocenters. The maximum atomic E-state index is 13.0. The second-order valence-electron chi connectivity index (χ2n) is 6.63. The molecule has 5 nitrogen and oxygen atoms in total. The second kappa shape index (κ2) is 8.46. The van der Waals surface area contributed by atoms with Crippen molar-refractivity contribution in [3.8, 4) is 0 Å². The van der Waals surface area contributed by atoms with E-state index in [1.54, 1.807) is 30.8 Å². The van der Waals surface area contributed by atoms with E-state index >= 15 is 0 Å². The number of nitrogens with zero attached hydrogens (tertiary/aromatic N) is 1. The quantitative estimate of drug-likeness (QED) is 0.761. The number of hydrogen-bond acceptors (Lipinski definition) is 4. The Morgan fingerprint density at radius 1 is 1.07 bits per heavy atom. The molecule has 1 saturated heterocycles. The van der Waals surface area contributed by atoms with Crippen LogP contribution < -0.4 is 5.32 Å². The third-order valence-electron chi connectivity index (χ3n) is 4.71. The second-order valence-corrected chi connectivity index (χ2v) is 9.42. The lowest BCUT2D eigenvalue weighted by atomic mass is 10.1. The molecule has 0 atom stereocenters. The first-order valence-corrected chi connectivity index (χ1v) is 11.6. The van der Waals surface area contributed by atoms with Crippen LogP contribution in [0.5, 0.6) is 0 Å². The highest BCUT2D eigenvalue weighted by Gasteiger charge is 2.28. The Morgan fingerprint density at radius 2 is 1.81 bits per heavy atom. The van der Waals surface area contributed by atoms with Gasteiger partial charge in [-0.05, 0) is 61.9 Å². The summed E-state index contributed by atoms with van der Waals surface area (Å²) in [5.41, 5.74) is 1.68.